The van der Waals surface area contributed by atoms with Crippen molar-refractivity contribution in [2.24, 2.45) is 5.73 Å². The molecule has 19 heavy (non-hydrogen) atoms. The van der Waals surface area contributed by atoms with E-state index in [0.29, 0.717) is 16.6 Å². The Morgan fingerprint density at radius 1 is 1.47 bits per heavy atom. The first kappa shape index (κ1) is 16.6. The van der Waals surface area contributed by atoms with Crippen LogP contribution in [0.25, 0.3) is 0 Å². The molecular weight excluding hydrogens is 335 g/mol. The quantitative estimate of drug-likeness (QED) is 0.843. The maximum atomic E-state index is 13.9. The van der Waals surface area contributed by atoms with Crippen LogP contribution in [0.1, 0.15) is 11.6 Å². The fraction of sp³-hybridized carbons (Fsp3) is 0.500. The Labute approximate surface area is 121 Å². The van der Waals surface area contributed by atoms with E-state index in [1.165, 1.54) is 12.3 Å². The second-order valence-electron chi connectivity index (χ2n) is 4.53. The zero-order valence-corrected chi connectivity index (χ0v) is 13.3. The normalized spacial score (nSPS) is 13.8. The lowest BCUT2D eigenvalue weighted by Gasteiger charge is -2.27. The van der Waals surface area contributed by atoms with Crippen LogP contribution < -0.4 is 5.73 Å². The lowest BCUT2D eigenvalue weighted by atomic mass is 10.1. The topological polar surface area (TPSA) is 63.4 Å². The Morgan fingerprint density at radius 2 is 2.11 bits per heavy atom. The number of benzene rings is 1. The molecule has 1 aromatic rings. The molecular formula is C12H18BrFN2O2S. The van der Waals surface area contributed by atoms with Gasteiger partial charge in [0.1, 0.15) is 15.7 Å². The summed E-state index contributed by atoms with van der Waals surface area (Å²) in [5.41, 5.74) is 6.16. The Bertz CT molecular complexity index is 537. The minimum atomic E-state index is -3.04. The second-order valence-corrected chi connectivity index (χ2v) is 7.70. The van der Waals surface area contributed by atoms with E-state index in [1.54, 1.807) is 24.1 Å². The first-order chi connectivity index (χ1) is 8.74. The van der Waals surface area contributed by atoms with Crippen LogP contribution >= 0.6 is 15.9 Å². The van der Waals surface area contributed by atoms with Crippen LogP contribution in [0.3, 0.4) is 0 Å². The second kappa shape index (κ2) is 6.78. The third kappa shape index (κ3) is 5.18. The van der Waals surface area contributed by atoms with Gasteiger partial charge in [0.15, 0.2) is 0 Å². The van der Waals surface area contributed by atoms with E-state index in [1.807, 2.05) is 0 Å². The highest BCUT2D eigenvalue weighted by Crippen LogP contribution is 2.24. The van der Waals surface area contributed by atoms with Gasteiger partial charge in [0.25, 0.3) is 0 Å². The molecule has 1 unspecified atom stereocenters. The zero-order valence-electron chi connectivity index (χ0n) is 10.9. The number of nitrogens with zero attached hydrogens (tertiary/aromatic N) is 1. The Morgan fingerprint density at radius 3 is 2.58 bits per heavy atom. The van der Waals surface area contributed by atoms with Crippen LogP contribution in [0.2, 0.25) is 0 Å². The summed E-state index contributed by atoms with van der Waals surface area (Å²) in [4.78, 5) is 1.76. The van der Waals surface area contributed by atoms with Crippen molar-refractivity contribution in [2.75, 3.05) is 32.1 Å². The number of likely N-dealkylation sites (N-methyl/N-ethyl adjacent to an activating group) is 1. The highest BCUT2D eigenvalue weighted by atomic mass is 79.9. The van der Waals surface area contributed by atoms with Crippen molar-refractivity contribution >= 4 is 25.8 Å². The first-order valence-electron chi connectivity index (χ1n) is 5.77. The highest BCUT2D eigenvalue weighted by molar-refractivity contribution is 9.10. The maximum Gasteiger partial charge on any atom is 0.148 e. The van der Waals surface area contributed by atoms with Gasteiger partial charge in [0.05, 0.1) is 5.75 Å². The van der Waals surface area contributed by atoms with Crippen LogP contribution in [0.4, 0.5) is 4.39 Å². The third-order valence-electron chi connectivity index (χ3n) is 2.89. The molecule has 4 nitrogen and oxygen atoms in total. The smallest absolute Gasteiger partial charge is 0.148 e. The van der Waals surface area contributed by atoms with Crippen LogP contribution in [0.5, 0.6) is 0 Å². The van der Waals surface area contributed by atoms with E-state index in [0.717, 1.165) is 0 Å². The first-order valence-corrected chi connectivity index (χ1v) is 8.63. The lowest BCUT2D eigenvalue weighted by Crippen LogP contribution is -2.34. The Kier molecular flexibility index (Phi) is 5.91. The monoisotopic (exact) mass is 352 g/mol. The van der Waals surface area contributed by atoms with Crippen molar-refractivity contribution in [3.63, 3.8) is 0 Å². The van der Waals surface area contributed by atoms with Gasteiger partial charge >= 0.3 is 0 Å². The van der Waals surface area contributed by atoms with Gasteiger partial charge in [-0.05, 0) is 19.2 Å². The fourth-order valence-electron chi connectivity index (χ4n) is 1.78. The number of nitrogens with two attached hydrogens (primary N) is 1. The summed E-state index contributed by atoms with van der Waals surface area (Å²) < 4.78 is 36.9. The molecule has 108 valence electrons. The number of sulfone groups is 1. The molecule has 0 aromatic heterocycles. The van der Waals surface area contributed by atoms with Gasteiger partial charge in [0.2, 0.25) is 0 Å². The Hall–Kier alpha value is -0.500. The average Bonchev–Trinajstić information content (AvgIpc) is 2.29. The lowest BCUT2D eigenvalue weighted by molar-refractivity contribution is 0.258. The summed E-state index contributed by atoms with van der Waals surface area (Å²) in [6.07, 6.45) is 1.18. The Balaban J connectivity index is 2.87. The third-order valence-corrected chi connectivity index (χ3v) is 4.31. The van der Waals surface area contributed by atoms with E-state index in [2.05, 4.69) is 15.9 Å². The molecule has 1 rings (SSSR count). The summed E-state index contributed by atoms with van der Waals surface area (Å²) in [7, 11) is -1.30. The van der Waals surface area contributed by atoms with Crippen molar-refractivity contribution in [1.29, 1.82) is 0 Å². The number of hydrogen-bond acceptors (Lipinski definition) is 4. The fourth-order valence-corrected chi connectivity index (χ4v) is 2.73. The largest absolute Gasteiger partial charge is 0.329 e. The summed E-state index contributed by atoms with van der Waals surface area (Å²) in [5, 5.41) is 0. The molecule has 0 aliphatic heterocycles. The molecule has 0 amide bonds. The van der Waals surface area contributed by atoms with Crippen molar-refractivity contribution in [3.8, 4) is 0 Å². The summed E-state index contributed by atoms with van der Waals surface area (Å²) in [6, 6.07) is 4.44. The SMILES string of the molecule is CN(CCS(C)(=O)=O)C(CN)c1ccc(Br)cc1F. The predicted octanol–water partition coefficient (Wildman–Crippen LogP) is 1.56. The van der Waals surface area contributed by atoms with Gasteiger partial charge in [-0.2, -0.15) is 0 Å². The van der Waals surface area contributed by atoms with Crippen molar-refractivity contribution in [1.82, 2.24) is 4.90 Å². The molecule has 1 aromatic carbocycles. The summed E-state index contributed by atoms with van der Waals surface area (Å²) in [5.74, 6) is -0.325. The van der Waals surface area contributed by atoms with Gasteiger partial charge in [-0.25, -0.2) is 12.8 Å². The van der Waals surface area contributed by atoms with E-state index in [-0.39, 0.29) is 24.2 Å². The molecule has 0 spiro atoms. The van der Waals surface area contributed by atoms with Gasteiger partial charge in [0, 0.05) is 35.4 Å². The molecule has 0 aliphatic carbocycles. The van der Waals surface area contributed by atoms with Crippen LogP contribution in [0.15, 0.2) is 22.7 Å². The molecule has 0 saturated carbocycles. The van der Waals surface area contributed by atoms with E-state index < -0.39 is 9.84 Å². The molecule has 7 heteroatoms. The van der Waals surface area contributed by atoms with Gasteiger partial charge in [-0.1, -0.05) is 22.0 Å². The van der Waals surface area contributed by atoms with Gasteiger partial charge in [-0.15, -0.1) is 0 Å². The van der Waals surface area contributed by atoms with Crippen molar-refractivity contribution in [3.05, 3.63) is 34.1 Å². The van der Waals surface area contributed by atoms with Crippen molar-refractivity contribution in [2.45, 2.75) is 6.04 Å². The molecule has 0 heterocycles. The summed E-state index contributed by atoms with van der Waals surface area (Å²) in [6.45, 7) is 0.537. The average molecular weight is 353 g/mol. The highest BCUT2D eigenvalue weighted by Gasteiger charge is 2.20. The molecule has 0 saturated heterocycles. The van der Waals surface area contributed by atoms with Gasteiger partial charge < -0.3 is 5.73 Å². The maximum absolute atomic E-state index is 13.9. The van der Waals surface area contributed by atoms with E-state index in [4.69, 9.17) is 5.73 Å². The predicted molar refractivity (Wildman–Crippen MR) is 78.2 cm³/mol. The van der Waals surface area contributed by atoms with Gasteiger partial charge in [-0.3, -0.25) is 4.90 Å². The minimum Gasteiger partial charge on any atom is -0.329 e. The van der Waals surface area contributed by atoms with Crippen LogP contribution in [-0.2, 0) is 9.84 Å². The number of rotatable bonds is 6. The van der Waals surface area contributed by atoms with Crippen LogP contribution in [-0.4, -0.2) is 45.5 Å². The number of halogens is 2. The van der Waals surface area contributed by atoms with Crippen LogP contribution in [0, 0.1) is 5.82 Å². The molecule has 0 radical (unpaired) electrons. The van der Waals surface area contributed by atoms with E-state index >= 15 is 0 Å². The molecule has 0 fully saturated rings. The van der Waals surface area contributed by atoms with E-state index in [9.17, 15) is 12.8 Å². The molecule has 0 aliphatic rings. The van der Waals surface area contributed by atoms with Crippen molar-refractivity contribution < 1.29 is 12.8 Å². The molecule has 0 bridgehead atoms. The summed E-state index contributed by atoms with van der Waals surface area (Å²) >= 11 is 3.20. The number of hydrogen-bond donors (Lipinski definition) is 1. The molecule has 2 N–H and O–H groups in total. The minimum absolute atomic E-state index is 0.0259. The standard InChI is InChI=1S/C12H18BrFN2O2S/c1-16(5-6-19(2,17)18)12(8-15)10-4-3-9(13)7-11(10)14/h3-4,7,12H,5-6,8,15H2,1-2H3. The molecule has 1 atom stereocenters. The zero-order chi connectivity index (χ0) is 14.6.